The van der Waals surface area contributed by atoms with Gasteiger partial charge in [-0.15, -0.1) is 0 Å². The summed E-state index contributed by atoms with van der Waals surface area (Å²) in [6.07, 6.45) is 3.60. The Labute approximate surface area is 105 Å². The van der Waals surface area contributed by atoms with Crippen molar-refractivity contribution >= 4 is 11.8 Å². The highest BCUT2D eigenvalue weighted by molar-refractivity contribution is 7.99. The van der Waals surface area contributed by atoms with Crippen molar-refractivity contribution in [2.24, 2.45) is 0 Å². The number of thioether (sulfide) groups is 1. The lowest BCUT2D eigenvalue weighted by molar-refractivity contribution is 0.116. The summed E-state index contributed by atoms with van der Waals surface area (Å²) in [4.78, 5) is 4.53. The van der Waals surface area contributed by atoms with Crippen LogP contribution in [0, 0.1) is 0 Å². The van der Waals surface area contributed by atoms with Crippen LogP contribution in [-0.2, 0) is 4.74 Å². The maximum atomic E-state index is 5.36. The SMILES string of the molecule is COC1CNC(c2nc(C3CCCS3)no2)C1. The lowest BCUT2D eigenvalue weighted by Gasteiger charge is -2.04. The Bertz CT molecular complexity index is 379. The van der Waals surface area contributed by atoms with Gasteiger partial charge in [0.25, 0.3) is 0 Å². The highest BCUT2D eigenvalue weighted by Gasteiger charge is 2.31. The second-order valence-electron chi connectivity index (χ2n) is 4.55. The van der Waals surface area contributed by atoms with E-state index in [0.29, 0.717) is 11.1 Å². The predicted molar refractivity (Wildman–Crippen MR) is 64.9 cm³/mol. The van der Waals surface area contributed by atoms with E-state index in [1.807, 2.05) is 11.8 Å². The van der Waals surface area contributed by atoms with E-state index in [4.69, 9.17) is 9.26 Å². The van der Waals surface area contributed by atoms with Crippen LogP contribution in [0.3, 0.4) is 0 Å². The molecule has 6 heteroatoms. The third kappa shape index (κ3) is 2.34. The van der Waals surface area contributed by atoms with Crippen LogP contribution in [0.15, 0.2) is 4.52 Å². The Morgan fingerprint density at radius 2 is 2.47 bits per heavy atom. The van der Waals surface area contributed by atoms with Crippen molar-refractivity contribution in [1.29, 1.82) is 0 Å². The summed E-state index contributed by atoms with van der Waals surface area (Å²) in [6.45, 7) is 0.858. The first kappa shape index (κ1) is 11.5. The Hall–Kier alpha value is -0.590. The standard InChI is InChI=1S/C11H17N3O2S/c1-15-7-5-8(12-6-7)11-13-10(14-16-11)9-3-2-4-17-9/h7-9,12H,2-6H2,1H3. The van der Waals surface area contributed by atoms with Gasteiger partial charge >= 0.3 is 0 Å². The van der Waals surface area contributed by atoms with Gasteiger partial charge in [0, 0.05) is 13.7 Å². The number of hydrogen-bond acceptors (Lipinski definition) is 6. The van der Waals surface area contributed by atoms with Crippen molar-refractivity contribution in [3.63, 3.8) is 0 Å². The van der Waals surface area contributed by atoms with Gasteiger partial charge in [0.2, 0.25) is 5.89 Å². The van der Waals surface area contributed by atoms with Gasteiger partial charge in [-0.2, -0.15) is 16.7 Å². The van der Waals surface area contributed by atoms with Crippen LogP contribution in [-0.4, -0.2) is 35.7 Å². The molecule has 0 aliphatic carbocycles. The van der Waals surface area contributed by atoms with Gasteiger partial charge in [0.15, 0.2) is 5.82 Å². The van der Waals surface area contributed by atoms with Gasteiger partial charge in [-0.1, -0.05) is 5.16 Å². The Morgan fingerprint density at radius 3 is 3.18 bits per heavy atom. The van der Waals surface area contributed by atoms with E-state index in [2.05, 4.69) is 15.5 Å². The number of hydrogen-bond donors (Lipinski definition) is 1. The molecule has 94 valence electrons. The van der Waals surface area contributed by atoms with Crippen LogP contribution >= 0.6 is 11.8 Å². The summed E-state index contributed by atoms with van der Waals surface area (Å²) in [5.41, 5.74) is 0. The van der Waals surface area contributed by atoms with Crippen molar-refractivity contribution < 1.29 is 9.26 Å². The molecule has 1 N–H and O–H groups in total. The zero-order valence-corrected chi connectivity index (χ0v) is 10.7. The largest absolute Gasteiger partial charge is 0.380 e. The van der Waals surface area contributed by atoms with E-state index in [0.717, 1.165) is 18.8 Å². The zero-order valence-electron chi connectivity index (χ0n) is 9.89. The minimum Gasteiger partial charge on any atom is -0.380 e. The van der Waals surface area contributed by atoms with E-state index in [9.17, 15) is 0 Å². The summed E-state index contributed by atoms with van der Waals surface area (Å²) in [6, 6.07) is 0.160. The fourth-order valence-electron chi connectivity index (χ4n) is 2.37. The summed E-state index contributed by atoms with van der Waals surface area (Å²) in [7, 11) is 1.74. The first-order valence-corrected chi connectivity index (χ1v) is 7.13. The highest BCUT2D eigenvalue weighted by Crippen LogP contribution is 2.38. The zero-order chi connectivity index (χ0) is 11.7. The Kier molecular flexibility index (Phi) is 3.35. The third-order valence-corrected chi connectivity index (χ3v) is 4.77. The number of methoxy groups -OCH3 is 1. The molecule has 17 heavy (non-hydrogen) atoms. The van der Waals surface area contributed by atoms with Crippen LogP contribution < -0.4 is 5.32 Å². The average molecular weight is 255 g/mol. The topological polar surface area (TPSA) is 60.2 Å². The van der Waals surface area contributed by atoms with Gasteiger partial charge in [0.1, 0.15) is 0 Å². The molecule has 2 fully saturated rings. The molecule has 5 nitrogen and oxygen atoms in total. The van der Waals surface area contributed by atoms with Crippen molar-refractivity contribution in [2.45, 2.75) is 36.7 Å². The average Bonchev–Trinajstić information content (AvgIpc) is 3.09. The molecule has 2 aliphatic heterocycles. The minimum absolute atomic E-state index is 0.160. The minimum atomic E-state index is 0.160. The number of rotatable bonds is 3. The van der Waals surface area contributed by atoms with Gasteiger partial charge in [-0.3, -0.25) is 0 Å². The van der Waals surface area contributed by atoms with E-state index in [-0.39, 0.29) is 12.1 Å². The van der Waals surface area contributed by atoms with Crippen LogP contribution in [0.2, 0.25) is 0 Å². The molecule has 0 aromatic carbocycles. The molecule has 3 rings (SSSR count). The number of nitrogens with one attached hydrogen (secondary N) is 1. The first-order chi connectivity index (χ1) is 8.36. The molecule has 1 aromatic heterocycles. The molecule has 0 saturated carbocycles. The van der Waals surface area contributed by atoms with Crippen LogP contribution in [0.5, 0.6) is 0 Å². The van der Waals surface area contributed by atoms with E-state index < -0.39 is 0 Å². The molecule has 0 spiro atoms. The van der Waals surface area contributed by atoms with Crippen molar-refractivity contribution in [2.75, 3.05) is 19.4 Å². The monoisotopic (exact) mass is 255 g/mol. The maximum absolute atomic E-state index is 5.36. The molecule has 3 heterocycles. The molecule has 3 atom stereocenters. The smallest absolute Gasteiger partial charge is 0.243 e. The summed E-state index contributed by atoms with van der Waals surface area (Å²) >= 11 is 1.93. The predicted octanol–water partition coefficient (Wildman–Crippen LogP) is 1.69. The van der Waals surface area contributed by atoms with Crippen molar-refractivity contribution in [3.05, 3.63) is 11.7 Å². The van der Waals surface area contributed by atoms with Gasteiger partial charge in [0.05, 0.1) is 17.4 Å². The highest BCUT2D eigenvalue weighted by atomic mass is 32.2. The Balaban J connectivity index is 1.68. The summed E-state index contributed by atoms with van der Waals surface area (Å²) in [5.74, 6) is 2.79. The maximum Gasteiger partial charge on any atom is 0.243 e. The fraction of sp³-hybridized carbons (Fsp3) is 0.818. The van der Waals surface area contributed by atoms with E-state index in [1.54, 1.807) is 7.11 Å². The van der Waals surface area contributed by atoms with E-state index in [1.165, 1.54) is 18.6 Å². The fourth-order valence-corrected chi connectivity index (χ4v) is 3.57. The molecule has 0 amide bonds. The van der Waals surface area contributed by atoms with Crippen molar-refractivity contribution in [3.8, 4) is 0 Å². The second kappa shape index (κ2) is 4.96. The van der Waals surface area contributed by atoms with Gasteiger partial charge < -0.3 is 14.6 Å². The lowest BCUT2D eigenvalue weighted by atomic mass is 10.2. The molecule has 2 saturated heterocycles. The molecular formula is C11H17N3O2S. The molecule has 0 bridgehead atoms. The normalized spacial score (nSPS) is 33.4. The molecule has 2 aliphatic rings. The van der Waals surface area contributed by atoms with Crippen LogP contribution in [0.4, 0.5) is 0 Å². The number of aromatic nitrogens is 2. The van der Waals surface area contributed by atoms with E-state index >= 15 is 0 Å². The summed E-state index contributed by atoms with van der Waals surface area (Å²) < 4.78 is 10.7. The van der Waals surface area contributed by atoms with Crippen LogP contribution in [0.25, 0.3) is 0 Å². The van der Waals surface area contributed by atoms with Crippen molar-refractivity contribution in [1.82, 2.24) is 15.5 Å². The summed E-state index contributed by atoms with van der Waals surface area (Å²) in [5, 5.41) is 7.89. The third-order valence-electron chi connectivity index (χ3n) is 3.40. The lowest BCUT2D eigenvalue weighted by Crippen LogP contribution is -2.16. The molecule has 1 aromatic rings. The first-order valence-electron chi connectivity index (χ1n) is 6.08. The number of ether oxygens (including phenoxy) is 1. The van der Waals surface area contributed by atoms with Gasteiger partial charge in [-0.05, 0) is 25.0 Å². The Morgan fingerprint density at radius 1 is 1.53 bits per heavy atom. The second-order valence-corrected chi connectivity index (χ2v) is 5.86. The van der Waals surface area contributed by atoms with Gasteiger partial charge in [-0.25, -0.2) is 0 Å². The molecule has 0 radical (unpaired) electrons. The van der Waals surface area contributed by atoms with Crippen LogP contribution in [0.1, 0.15) is 42.3 Å². The molecule has 3 unspecified atom stereocenters. The quantitative estimate of drug-likeness (QED) is 0.887. The molecular weight excluding hydrogens is 238 g/mol. The number of nitrogens with zero attached hydrogens (tertiary/aromatic N) is 2.